The lowest BCUT2D eigenvalue weighted by Gasteiger charge is -2.27. The van der Waals surface area contributed by atoms with E-state index in [-0.39, 0.29) is 6.04 Å². The molecule has 5 N–H and O–H groups in total. The van der Waals surface area contributed by atoms with E-state index in [1.54, 1.807) is 0 Å². The van der Waals surface area contributed by atoms with Gasteiger partial charge in [-0.1, -0.05) is 62.4 Å². The SMILES string of the molecule is NC(CC1CCCCC1)C(O)CNNCc1ccccc1. The summed E-state index contributed by atoms with van der Waals surface area (Å²) >= 11 is 0. The molecule has 0 saturated heterocycles. The second-order valence-corrected chi connectivity index (χ2v) is 6.19. The summed E-state index contributed by atoms with van der Waals surface area (Å²) in [5.74, 6) is 0.709. The number of hydrazine groups is 1. The lowest BCUT2D eigenvalue weighted by molar-refractivity contribution is 0.120. The molecule has 0 aliphatic heterocycles. The van der Waals surface area contributed by atoms with Gasteiger partial charge in [0, 0.05) is 19.1 Å². The van der Waals surface area contributed by atoms with Gasteiger partial charge in [0.25, 0.3) is 0 Å². The zero-order valence-electron chi connectivity index (χ0n) is 12.8. The van der Waals surface area contributed by atoms with Crippen LogP contribution < -0.4 is 16.6 Å². The molecule has 2 unspecified atom stereocenters. The quantitative estimate of drug-likeness (QED) is 0.436. The number of rotatable bonds is 8. The molecule has 1 aliphatic rings. The van der Waals surface area contributed by atoms with Crippen LogP contribution in [0, 0.1) is 5.92 Å². The van der Waals surface area contributed by atoms with E-state index in [2.05, 4.69) is 23.0 Å². The third-order valence-electron chi connectivity index (χ3n) is 4.40. The first-order chi connectivity index (χ1) is 10.3. The van der Waals surface area contributed by atoms with Crippen LogP contribution in [-0.4, -0.2) is 23.8 Å². The average molecular weight is 291 g/mol. The van der Waals surface area contributed by atoms with E-state index in [0.29, 0.717) is 12.5 Å². The summed E-state index contributed by atoms with van der Waals surface area (Å²) < 4.78 is 0. The zero-order valence-corrected chi connectivity index (χ0v) is 12.8. The standard InChI is InChI=1S/C17H29N3O/c18-16(11-14-7-3-1-4-8-14)17(21)13-20-19-12-15-9-5-2-6-10-15/h2,5-6,9-10,14,16-17,19-21H,1,3-4,7-8,11-13,18H2. The second-order valence-electron chi connectivity index (χ2n) is 6.19. The van der Waals surface area contributed by atoms with Gasteiger partial charge in [0.15, 0.2) is 0 Å². The van der Waals surface area contributed by atoms with E-state index in [1.165, 1.54) is 37.7 Å². The first kappa shape index (κ1) is 16.4. The van der Waals surface area contributed by atoms with Gasteiger partial charge in [-0.25, -0.2) is 0 Å². The van der Waals surface area contributed by atoms with E-state index in [0.717, 1.165) is 13.0 Å². The van der Waals surface area contributed by atoms with Gasteiger partial charge in [-0.2, -0.15) is 0 Å². The molecule has 21 heavy (non-hydrogen) atoms. The molecule has 1 aliphatic carbocycles. The summed E-state index contributed by atoms with van der Waals surface area (Å²) in [5, 5.41) is 10.1. The van der Waals surface area contributed by atoms with Crippen molar-refractivity contribution in [2.24, 2.45) is 11.7 Å². The van der Waals surface area contributed by atoms with Gasteiger partial charge in [0.05, 0.1) is 6.10 Å². The highest BCUT2D eigenvalue weighted by Gasteiger charge is 2.21. The largest absolute Gasteiger partial charge is 0.390 e. The Balaban J connectivity index is 1.58. The molecule has 4 heteroatoms. The lowest BCUT2D eigenvalue weighted by Crippen LogP contribution is -2.46. The molecule has 0 amide bonds. The monoisotopic (exact) mass is 291 g/mol. The minimum Gasteiger partial charge on any atom is -0.390 e. The Morgan fingerprint density at radius 1 is 1.10 bits per heavy atom. The molecule has 0 spiro atoms. The van der Waals surface area contributed by atoms with Gasteiger partial charge in [-0.15, -0.1) is 0 Å². The molecule has 1 fully saturated rings. The van der Waals surface area contributed by atoms with E-state index < -0.39 is 6.10 Å². The lowest BCUT2D eigenvalue weighted by atomic mass is 9.84. The molecular formula is C17H29N3O. The van der Waals surface area contributed by atoms with Crippen molar-refractivity contribution in [2.45, 2.75) is 57.2 Å². The molecule has 1 aromatic carbocycles. The predicted octanol–water partition coefficient (Wildman–Crippen LogP) is 1.94. The van der Waals surface area contributed by atoms with Crippen LogP contribution in [0.2, 0.25) is 0 Å². The maximum absolute atomic E-state index is 10.1. The number of hydrogen-bond donors (Lipinski definition) is 4. The highest BCUT2D eigenvalue weighted by molar-refractivity contribution is 5.13. The average Bonchev–Trinajstić information content (AvgIpc) is 2.53. The van der Waals surface area contributed by atoms with E-state index in [4.69, 9.17) is 5.73 Å². The van der Waals surface area contributed by atoms with Crippen LogP contribution in [0.25, 0.3) is 0 Å². The molecule has 1 saturated carbocycles. The second kappa shape index (κ2) is 9.15. The van der Waals surface area contributed by atoms with Gasteiger partial charge in [0.2, 0.25) is 0 Å². The fourth-order valence-electron chi connectivity index (χ4n) is 3.05. The van der Waals surface area contributed by atoms with Crippen LogP contribution >= 0.6 is 0 Å². The number of hydrogen-bond acceptors (Lipinski definition) is 4. The normalized spacial score (nSPS) is 19.3. The third-order valence-corrected chi connectivity index (χ3v) is 4.40. The van der Waals surface area contributed by atoms with Crippen LogP contribution in [0.5, 0.6) is 0 Å². The molecular weight excluding hydrogens is 262 g/mol. The van der Waals surface area contributed by atoms with E-state index >= 15 is 0 Å². The van der Waals surface area contributed by atoms with Crippen molar-refractivity contribution >= 4 is 0 Å². The molecule has 2 rings (SSSR count). The highest BCUT2D eigenvalue weighted by atomic mass is 16.3. The number of benzene rings is 1. The van der Waals surface area contributed by atoms with Gasteiger partial charge in [0.1, 0.15) is 0 Å². The van der Waals surface area contributed by atoms with Gasteiger partial charge >= 0.3 is 0 Å². The molecule has 0 bridgehead atoms. The number of aliphatic hydroxyl groups excluding tert-OH is 1. The van der Waals surface area contributed by atoms with Crippen molar-refractivity contribution in [3.63, 3.8) is 0 Å². The zero-order chi connectivity index (χ0) is 14.9. The van der Waals surface area contributed by atoms with Crippen molar-refractivity contribution < 1.29 is 5.11 Å². The minimum absolute atomic E-state index is 0.126. The minimum atomic E-state index is -0.491. The molecule has 4 nitrogen and oxygen atoms in total. The molecule has 0 radical (unpaired) electrons. The van der Waals surface area contributed by atoms with Crippen LogP contribution in [0.15, 0.2) is 30.3 Å². The Morgan fingerprint density at radius 3 is 2.52 bits per heavy atom. The van der Waals surface area contributed by atoms with Crippen molar-refractivity contribution in [3.05, 3.63) is 35.9 Å². The van der Waals surface area contributed by atoms with Gasteiger partial charge < -0.3 is 10.8 Å². The predicted molar refractivity (Wildman–Crippen MR) is 86.5 cm³/mol. The Hall–Kier alpha value is -0.940. The Kier molecular flexibility index (Phi) is 7.16. The van der Waals surface area contributed by atoms with Crippen LogP contribution in [0.4, 0.5) is 0 Å². The summed E-state index contributed by atoms with van der Waals surface area (Å²) in [6.07, 6.45) is 7.02. The Labute approximate surface area is 128 Å². The number of aliphatic hydroxyl groups is 1. The van der Waals surface area contributed by atoms with Gasteiger partial charge in [-0.05, 0) is 17.9 Å². The van der Waals surface area contributed by atoms with E-state index in [1.807, 2.05) is 18.2 Å². The molecule has 118 valence electrons. The van der Waals surface area contributed by atoms with Crippen molar-refractivity contribution in [1.82, 2.24) is 10.9 Å². The highest BCUT2D eigenvalue weighted by Crippen LogP contribution is 2.27. The number of nitrogens with two attached hydrogens (primary N) is 1. The fourth-order valence-corrected chi connectivity index (χ4v) is 3.05. The summed E-state index contributed by atoms with van der Waals surface area (Å²) in [4.78, 5) is 0. The van der Waals surface area contributed by atoms with E-state index in [9.17, 15) is 5.11 Å². The number of nitrogens with one attached hydrogen (secondary N) is 2. The smallest absolute Gasteiger partial charge is 0.0829 e. The summed E-state index contributed by atoms with van der Waals surface area (Å²) in [7, 11) is 0. The first-order valence-corrected chi connectivity index (χ1v) is 8.19. The van der Waals surface area contributed by atoms with Crippen LogP contribution in [0.1, 0.15) is 44.1 Å². The molecule has 2 atom stereocenters. The fraction of sp³-hybridized carbons (Fsp3) is 0.647. The first-order valence-electron chi connectivity index (χ1n) is 8.19. The summed E-state index contributed by atoms with van der Waals surface area (Å²) in [6, 6.07) is 10.1. The van der Waals surface area contributed by atoms with Gasteiger partial charge in [-0.3, -0.25) is 10.9 Å². The van der Waals surface area contributed by atoms with Crippen LogP contribution in [0.3, 0.4) is 0 Å². The Morgan fingerprint density at radius 2 is 1.81 bits per heavy atom. The van der Waals surface area contributed by atoms with Crippen molar-refractivity contribution in [3.8, 4) is 0 Å². The third kappa shape index (κ3) is 6.14. The van der Waals surface area contributed by atoms with Crippen molar-refractivity contribution in [1.29, 1.82) is 0 Å². The Bertz CT molecular complexity index is 379. The summed E-state index contributed by atoms with van der Waals surface area (Å²) in [6.45, 7) is 1.23. The topological polar surface area (TPSA) is 70.3 Å². The molecule has 1 aromatic rings. The van der Waals surface area contributed by atoms with Crippen LogP contribution in [-0.2, 0) is 6.54 Å². The maximum Gasteiger partial charge on any atom is 0.0829 e. The molecule has 0 heterocycles. The molecule has 0 aromatic heterocycles. The summed E-state index contributed by atoms with van der Waals surface area (Å²) in [5.41, 5.74) is 13.5. The van der Waals surface area contributed by atoms with Crippen molar-refractivity contribution in [2.75, 3.05) is 6.54 Å². The maximum atomic E-state index is 10.1.